The lowest BCUT2D eigenvalue weighted by atomic mass is 10.1. The Bertz CT molecular complexity index is 626. The van der Waals surface area contributed by atoms with E-state index in [1.165, 1.54) is 0 Å². The number of carbonyl (C=O) groups excluding carboxylic acids is 1. The zero-order valence-corrected chi connectivity index (χ0v) is 13.5. The highest BCUT2D eigenvalue weighted by atomic mass is 35.5. The molecule has 1 aliphatic heterocycles. The molecule has 2 aromatic rings. The van der Waals surface area contributed by atoms with Crippen molar-refractivity contribution in [1.29, 1.82) is 0 Å². The quantitative estimate of drug-likeness (QED) is 0.900. The minimum absolute atomic E-state index is 0.179. The molecule has 0 unspecified atom stereocenters. The van der Waals surface area contributed by atoms with Crippen molar-refractivity contribution in [2.75, 3.05) is 23.3 Å². The Hall–Kier alpha value is -1.79. The van der Waals surface area contributed by atoms with E-state index in [0.29, 0.717) is 10.7 Å². The Morgan fingerprint density at radius 1 is 1.32 bits per heavy atom. The molecule has 116 valence electrons. The van der Waals surface area contributed by atoms with E-state index >= 15 is 0 Å². The number of amides is 2. The summed E-state index contributed by atoms with van der Waals surface area (Å²) in [5, 5.41) is 9.37. The molecule has 1 aromatic heterocycles. The van der Waals surface area contributed by atoms with Crippen LogP contribution in [-0.2, 0) is 0 Å². The third kappa shape index (κ3) is 3.69. The van der Waals surface area contributed by atoms with Crippen LogP contribution in [0.2, 0.25) is 5.02 Å². The third-order valence-electron chi connectivity index (χ3n) is 3.64. The van der Waals surface area contributed by atoms with E-state index in [4.69, 9.17) is 11.6 Å². The number of anilines is 2. The number of benzene rings is 1. The SMILES string of the molecule is O=C(Nc1ccccc1Cl)NC1CCN(c2nccs2)CC1. The summed E-state index contributed by atoms with van der Waals surface area (Å²) in [7, 11) is 0. The van der Waals surface area contributed by atoms with Gasteiger partial charge in [0.05, 0.1) is 10.7 Å². The molecule has 2 heterocycles. The Balaban J connectivity index is 1.48. The molecule has 1 saturated heterocycles. The second-order valence-corrected chi connectivity index (χ2v) is 6.43. The maximum absolute atomic E-state index is 12.0. The van der Waals surface area contributed by atoms with Crippen LogP contribution in [0.1, 0.15) is 12.8 Å². The smallest absolute Gasteiger partial charge is 0.319 e. The van der Waals surface area contributed by atoms with Crippen molar-refractivity contribution in [2.24, 2.45) is 0 Å². The number of nitrogens with one attached hydrogen (secondary N) is 2. The van der Waals surface area contributed by atoms with Crippen molar-refractivity contribution in [1.82, 2.24) is 10.3 Å². The van der Waals surface area contributed by atoms with Gasteiger partial charge in [-0.05, 0) is 25.0 Å². The van der Waals surface area contributed by atoms with Crippen molar-refractivity contribution in [2.45, 2.75) is 18.9 Å². The third-order valence-corrected chi connectivity index (χ3v) is 4.80. The average molecular weight is 337 g/mol. The summed E-state index contributed by atoms with van der Waals surface area (Å²) >= 11 is 7.68. The van der Waals surface area contributed by atoms with Crippen LogP contribution in [0.15, 0.2) is 35.8 Å². The minimum atomic E-state index is -0.208. The van der Waals surface area contributed by atoms with Crippen LogP contribution in [0.5, 0.6) is 0 Å². The van der Waals surface area contributed by atoms with Crippen molar-refractivity contribution >= 4 is 39.8 Å². The molecule has 2 N–H and O–H groups in total. The molecule has 0 spiro atoms. The number of hydrogen-bond donors (Lipinski definition) is 2. The number of nitrogens with zero attached hydrogens (tertiary/aromatic N) is 2. The maximum atomic E-state index is 12.0. The topological polar surface area (TPSA) is 57.3 Å². The Labute approximate surface area is 138 Å². The first-order valence-electron chi connectivity index (χ1n) is 7.19. The molecule has 5 nitrogen and oxygen atoms in total. The zero-order chi connectivity index (χ0) is 15.4. The number of rotatable bonds is 3. The molecule has 1 aromatic carbocycles. The standard InChI is InChI=1S/C15H17ClN4OS/c16-12-3-1-2-4-13(12)19-14(21)18-11-5-8-20(9-6-11)15-17-7-10-22-15/h1-4,7,10-11H,5-6,8-9H2,(H2,18,19,21). The number of hydrogen-bond acceptors (Lipinski definition) is 4. The van der Waals surface area contributed by atoms with Crippen LogP contribution >= 0.6 is 22.9 Å². The fourth-order valence-corrected chi connectivity index (χ4v) is 3.37. The van der Waals surface area contributed by atoms with Gasteiger partial charge in [-0.25, -0.2) is 9.78 Å². The van der Waals surface area contributed by atoms with Crippen molar-refractivity contribution in [3.05, 3.63) is 40.9 Å². The Kier molecular flexibility index (Phi) is 4.80. The normalized spacial score (nSPS) is 15.6. The molecule has 7 heteroatoms. The molecule has 1 aliphatic rings. The van der Waals surface area contributed by atoms with Gasteiger partial charge in [-0.15, -0.1) is 11.3 Å². The van der Waals surface area contributed by atoms with Gasteiger partial charge in [-0.3, -0.25) is 0 Å². The van der Waals surface area contributed by atoms with E-state index in [0.717, 1.165) is 31.1 Å². The van der Waals surface area contributed by atoms with Gasteiger partial charge in [-0.2, -0.15) is 0 Å². The highest BCUT2D eigenvalue weighted by Gasteiger charge is 2.22. The Morgan fingerprint density at radius 2 is 2.09 bits per heavy atom. The molecular weight excluding hydrogens is 320 g/mol. The largest absolute Gasteiger partial charge is 0.348 e. The lowest BCUT2D eigenvalue weighted by Crippen LogP contribution is -2.46. The first-order valence-corrected chi connectivity index (χ1v) is 8.44. The summed E-state index contributed by atoms with van der Waals surface area (Å²) in [5.74, 6) is 0. The van der Waals surface area contributed by atoms with Crippen molar-refractivity contribution < 1.29 is 4.79 Å². The summed E-state index contributed by atoms with van der Waals surface area (Å²) < 4.78 is 0. The van der Waals surface area contributed by atoms with Gasteiger partial charge in [0.15, 0.2) is 5.13 Å². The molecule has 0 saturated carbocycles. The Morgan fingerprint density at radius 3 is 2.77 bits per heavy atom. The van der Waals surface area contributed by atoms with Crippen LogP contribution in [0.25, 0.3) is 0 Å². The lowest BCUT2D eigenvalue weighted by Gasteiger charge is -2.32. The first-order chi connectivity index (χ1) is 10.7. The number of thiazole rings is 1. The van der Waals surface area contributed by atoms with E-state index in [1.807, 2.05) is 23.7 Å². The van der Waals surface area contributed by atoms with Crippen LogP contribution in [-0.4, -0.2) is 30.1 Å². The molecule has 3 rings (SSSR count). The predicted octanol–water partition coefficient (Wildman–Crippen LogP) is 3.59. The minimum Gasteiger partial charge on any atom is -0.348 e. The van der Waals surface area contributed by atoms with Crippen LogP contribution in [0, 0.1) is 0 Å². The number of urea groups is 1. The lowest BCUT2D eigenvalue weighted by molar-refractivity contribution is 0.246. The number of para-hydroxylation sites is 1. The summed E-state index contributed by atoms with van der Waals surface area (Å²) in [6.45, 7) is 1.81. The van der Waals surface area contributed by atoms with E-state index in [1.54, 1.807) is 23.5 Å². The molecular formula is C15H17ClN4OS. The van der Waals surface area contributed by atoms with Crippen LogP contribution < -0.4 is 15.5 Å². The fourth-order valence-electron chi connectivity index (χ4n) is 2.49. The first kappa shape index (κ1) is 15.1. The van der Waals surface area contributed by atoms with Crippen molar-refractivity contribution in [3.63, 3.8) is 0 Å². The molecule has 0 atom stereocenters. The van der Waals surface area contributed by atoms with E-state index in [2.05, 4.69) is 20.5 Å². The second-order valence-electron chi connectivity index (χ2n) is 5.15. The van der Waals surface area contributed by atoms with Gasteiger partial charge in [0.1, 0.15) is 0 Å². The monoisotopic (exact) mass is 336 g/mol. The maximum Gasteiger partial charge on any atom is 0.319 e. The molecule has 0 aliphatic carbocycles. The fraction of sp³-hybridized carbons (Fsp3) is 0.333. The van der Waals surface area contributed by atoms with E-state index in [-0.39, 0.29) is 12.1 Å². The van der Waals surface area contributed by atoms with Gasteiger partial charge < -0.3 is 15.5 Å². The molecule has 0 bridgehead atoms. The summed E-state index contributed by atoms with van der Waals surface area (Å²) in [6.07, 6.45) is 3.65. The van der Waals surface area contributed by atoms with Crippen LogP contribution in [0.3, 0.4) is 0 Å². The van der Waals surface area contributed by atoms with E-state index < -0.39 is 0 Å². The highest BCUT2D eigenvalue weighted by molar-refractivity contribution is 7.13. The summed E-state index contributed by atoms with van der Waals surface area (Å²) in [4.78, 5) is 18.6. The van der Waals surface area contributed by atoms with Gasteiger partial charge in [0, 0.05) is 30.7 Å². The summed E-state index contributed by atoms with van der Waals surface area (Å²) in [6, 6.07) is 7.18. The molecule has 22 heavy (non-hydrogen) atoms. The summed E-state index contributed by atoms with van der Waals surface area (Å²) in [5.41, 5.74) is 0.627. The molecule has 1 fully saturated rings. The van der Waals surface area contributed by atoms with Gasteiger partial charge in [0.25, 0.3) is 0 Å². The van der Waals surface area contributed by atoms with Gasteiger partial charge in [-0.1, -0.05) is 23.7 Å². The van der Waals surface area contributed by atoms with Gasteiger partial charge in [0.2, 0.25) is 0 Å². The predicted molar refractivity (Wildman–Crippen MR) is 91.0 cm³/mol. The van der Waals surface area contributed by atoms with Gasteiger partial charge >= 0.3 is 6.03 Å². The zero-order valence-electron chi connectivity index (χ0n) is 12.0. The number of carbonyl (C=O) groups is 1. The molecule has 0 radical (unpaired) electrons. The highest BCUT2D eigenvalue weighted by Crippen LogP contribution is 2.23. The van der Waals surface area contributed by atoms with Crippen LogP contribution in [0.4, 0.5) is 15.6 Å². The van der Waals surface area contributed by atoms with Crippen molar-refractivity contribution in [3.8, 4) is 0 Å². The average Bonchev–Trinajstić information content (AvgIpc) is 3.05. The second kappa shape index (κ2) is 6.98. The number of piperidine rings is 1. The molecule has 2 amide bonds. The number of aromatic nitrogens is 1. The number of halogens is 1. The van der Waals surface area contributed by atoms with E-state index in [9.17, 15) is 4.79 Å².